The van der Waals surface area contributed by atoms with Crippen LogP contribution in [-0.4, -0.2) is 19.9 Å². The Morgan fingerprint density at radius 2 is 0.707 bits per heavy atom. The van der Waals surface area contributed by atoms with Gasteiger partial charge in [-0.3, -0.25) is 0 Å². The molecule has 0 radical (unpaired) electrons. The van der Waals surface area contributed by atoms with Crippen LogP contribution in [0.1, 0.15) is 22.8 Å². The summed E-state index contributed by atoms with van der Waals surface area (Å²) >= 11 is 0. The first-order valence-electron chi connectivity index (χ1n) is 13.4. The van der Waals surface area contributed by atoms with Crippen LogP contribution in [0.25, 0.3) is 78.7 Å². The molecule has 0 saturated heterocycles. The van der Waals surface area contributed by atoms with Gasteiger partial charge in [0.1, 0.15) is 0 Å². The molecule has 41 heavy (non-hydrogen) atoms. The predicted octanol–water partition coefficient (Wildman–Crippen LogP) is 9.24. The van der Waals surface area contributed by atoms with E-state index >= 15 is 0 Å². The van der Waals surface area contributed by atoms with Crippen LogP contribution in [0.15, 0.2) is 109 Å². The minimum absolute atomic E-state index is 0. The normalized spacial score (nSPS) is 12.0. The van der Waals surface area contributed by atoms with Crippen LogP contribution in [0.5, 0.6) is 0 Å². The Morgan fingerprint density at radius 1 is 0.366 bits per heavy atom. The van der Waals surface area contributed by atoms with Crippen molar-refractivity contribution in [2.75, 3.05) is 0 Å². The van der Waals surface area contributed by atoms with Crippen molar-refractivity contribution in [1.29, 1.82) is 0 Å². The van der Waals surface area contributed by atoms with Crippen molar-refractivity contribution in [2.24, 2.45) is 0 Å². The quantitative estimate of drug-likeness (QED) is 0.139. The second-order valence-electron chi connectivity index (χ2n) is 10.2. The molecule has 5 heteroatoms. The van der Waals surface area contributed by atoms with Crippen LogP contribution < -0.4 is 0 Å². The van der Waals surface area contributed by atoms with Gasteiger partial charge in [-0.05, 0) is 105 Å². The molecular weight excluding hydrogens is 554 g/mol. The Kier molecular flexibility index (Phi) is 6.30. The summed E-state index contributed by atoms with van der Waals surface area (Å²) in [6, 6.07) is 38.3. The van der Waals surface area contributed by atoms with Crippen LogP contribution >= 0.6 is 0 Å². The molecule has 5 heterocycles. The van der Waals surface area contributed by atoms with Crippen molar-refractivity contribution in [2.45, 2.75) is 0 Å². The third-order valence-corrected chi connectivity index (χ3v) is 7.43. The van der Waals surface area contributed by atoms with Gasteiger partial charge < -0.3 is 9.97 Å². The molecule has 4 aromatic carbocycles. The van der Waals surface area contributed by atoms with Crippen molar-refractivity contribution < 1.29 is 19.5 Å². The largest absolute Gasteiger partial charge is 0.355 e. The van der Waals surface area contributed by atoms with E-state index in [2.05, 4.69) is 111 Å². The minimum atomic E-state index is 0. The summed E-state index contributed by atoms with van der Waals surface area (Å²) in [4.78, 5) is 16.0. The Labute approximate surface area is 249 Å². The molecule has 9 rings (SSSR count). The Balaban J connectivity index is 0.000000141. The number of nitrogens with one attached hydrogen (secondary N) is 2. The van der Waals surface area contributed by atoms with E-state index in [1.54, 1.807) is 0 Å². The first kappa shape index (κ1) is 25.1. The number of nitrogens with zero attached hydrogens (tertiary/aromatic N) is 2. The second-order valence-corrected chi connectivity index (χ2v) is 10.2. The molecule has 2 aliphatic rings. The van der Waals surface area contributed by atoms with Crippen molar-refractivity contribution in [3.63, 3.8) is 0 Å². The van der Waals surface area contributed by atoms with E-state index in [1.165, 1.54) is 32.3 Å². The van der Waals surface area contributed by atoms with Crippen molar-refractivity contribution in [3.05, 3.63) is 132 Å². The minimum Gasteiger partial charge on any atom is -0.355 e. The summed E-state index contributed by atoms with van der Waals surface area (Å²) in [5, 5.41) is 8.14. The maximum absolute atomic E-state index is 4.62. The van der Waals surface area contributed by atoms with Crippen LogP contribution in [0.2, 0.25) is 0 Å². The summed E-state index contributed by atoms with van der Waals surface area (Å²) in [6.07, 6.45) is 8.05. The summed E-state index contributed by atoms with van der Waals surface area (Å²) in [5.41, 5.74) is 7.86. The summed E-state index contributed by atoms with van der Waals surface area (Å²) in [5.74, 6) is 0. The number of aromatic nitrogens is 4. The SMILES string of the molecule is C1=Cc2cc3ccc(cc4ccc(cc5nc(cc1n2)C=C5)[nH]4)[nH]3.[Zn].c1cc2ccc3cccc4ccc(c1)c2c34. The van der Waals surface area contributed by atoms with Crippen molar-refractivity contribution >= 4 is 78.7 Å². The van der Waals surface area contributed by atoms with E-state index in [-0.39, 0.29) is 19.5 Å². The molecule has 0 atom stereocenters. The monoisotopic (exact) mass is 576 g/mol. The maximum Gasteiger partial charge on any atom is 0.0659 e. The van der Waals surface area contributed by atoms with Gasteiger partial charge in [0, 0.05) is 41.5 Å². The van der Waals surface area contributed by atoms with Gasteiger partial charge in [0.05, 0.1) is 22.8 Å². The molecular formula is C36H24N4Zn. The molecule has 190 valence electrons. The molecule has 0 amide bonds. The van der Waals surface area contributed by atoms with E-state index < -0.39 is 0 Å². The molecule has 3 aromatic heterocycles. The summed E-state index contributed by atoms with van der Waals surface area (Å²) < 4.78 is 0. The Morgan fingerprint density at radius 3 is 1.10 bits per heavy atom. The van der Waals surface area contributed by atoms with Gasteiger partial charge in [-0.15, -0.1) is 0 Å². The van der Waals surface area contributed by atoms with Gasteiger partial charge in [-0.2, -0.15) is 0 Å². The zero-order chi connectivity index (χ0) is 26.5. The average Bonchev–Trinajstić information content (AvgIpc) is 3.79. The van der Waals surface area contributed by atoms with Gasteiger partial charge in [0.25, 0.3) is 0 Å². The molecule has 2 aliphatic heterocycles. The zero-order valence-corrected chi connectivity index (χ0v) is 25.3. The zero-order valence-electron chi connectivity index (χ0n) is 22.3. The van der Waals surface area contributed by atoms with E-state index in [4.69, 9.17) is 0 Å². The van der Waals surface area contributed by atoms with Gasteiger partial charge in [0.15, 0.2) is 0 Å². The van der Waals surface area contributed by atoms with Crippen LogP contribution in [0, 0.1) is 0 Å². The van der Waals surface area contributed by atoms with Crippen LogP contribution in [0.4, 0.5) is 0 Å². The Hall–Kier alpha value is -4.86. The third kappa shape index (κ3) is 4.86. The number of H-pyrrole nitrogens is 2. The summed E-state index contributed by atoms with van der Waals surface area (Å²) in [6.45, 7) is 0. The average molecular weight is 578 g/mol. The standard InChI is InChI=1S/C20H14N4.C16H10.Zn/c1-2-14-10-16-5-6-18(23-16)12-20-8-7-19(24-20)11-17-4-3-15(22-17)9-13(1)21-14;1-3-11-7-9-13-5-2-6-14-10-8-12(4-1)15(11)16(13)14;/h1-12,21-22H;1-10H;. The maximum atomic E-state index is 4.62. The molecule has 4 nitrogen and oxygen atoms in total. The molecule has 0 aliphatic carbocycles. The van der Waals surface area contributed by atoms with E-state index in [1.807, 2.05) is 42.5 Å². The molecule has 7 aromatic rings. The molecule has 0 saturated carbocycles. The fourth-order valence-corrected chi connectivity index (χ4v) is 5.61. The fourth-order valence-electron chi connectivity index (χ4n) is 5.61. The molecule has 0 fully saturated rings. The third-order valence-electron chi connectivity index (χ3n) is 7.43. The number of aromatic amines is 2. The van der Waals surface area contributed by atoms with Crippen LogP contribution in [0.3, 0.4) is 0 Å². The number of hydrogen-bond donors (Lipinski definition) is 2. The van der Waals surface area contributed by atoms with Crippen LogP contribution in [-0.2, 0) is 19.5 Å². The summed E-state index contributed by atoms with van der Waals surface area (Å²) in [7, 11) is 0. The smallest absolute Gasteiger partial charge is 0.0659 e. The van der Waals surface area contributed by atoms with Crippen molar-refractivity contribution in [1.82, 2.24) is 19.9 Å². The second kappa shape index (κ2) is 10.3. The molecule has 0 spiro atoms. The van der Waals surface area contributed by atoms with Gasteiger partial charge in [0.2, 0.25) is 0 Å². The van der Waals surface area contributed by atoms with E-state index in [0.717, 1.165) is 44.8 Å². The fraction of sp³-hybridized carbons (Fsp3) is 0. The van der Waals surface area contributed by atoms with E-state index in [9.17, 15) is 0 Å². The predicted molar refractivity (Wildman–Crippen MR) is 169 cm³/mol. The number of hydrogen-bond acceptors (Lipinski definition) is 2. The van der Waals surface area contributed by atoms with Gasteiger partial charge >= 0.3 is 0 Å². The van der Waals surface area contributed by atoms with Gasteiger partial charge in [-0.1, -0.05) is 60.7 Å². The molecule has 8 bridgehead atoms. The number of benzene rings is 4. The Bertz CT molecular complexity index is 2070. The van der Waals surface area contributed by atoms with E-state index in [0.29, 0.717) is 0 Å². The molecule has 2 N–H and O–H groups in total. The first-order chi connectivity index (χ1) is 19.7. The van der Waals surface area contributed by atoms with Crippen molar-refractivity contribution in [3.8, 4) is 0 Å². The van der Waals surface area contributed by atoms with Gasteiger partial charge in [-0.25, -0.2) is 9.97 Å². The topological polar surface area (TPSA) is 57.4 Å². The first-order valence-corrected chi connectivity index (χ1v) is 13.4. The number of fused-ring (bicyclic) bond motifs is 8. The number of rotatable bonds is 0. The molecule has 0 unspecified atom stereocenters.